The van der Waals surface area contributed by atoms with Crippen LogP contribution in [0, 0.1) is 0 Å². The van der Waals surface area contributed by atoms with Crippen molar-refractivity contribution in [3.63, 3.8) is 0 Å². The van der Waals surface area contributed by atoms with Gasteiger partial charge in [-0.25, -0.2) is 0 Å². The molecule has 0 saturated heterocycles. The van der Waals surface area contributed by atoms with Crippen LogP contribution in [0.5, 0.6) is 0 Å². The summed E-state index contributed by atoms with van der Waals surface area (Å²) in [6, 6.07) is 8.66. The van der Waals surface area contributed by atoms with Gasteiger partial charge in [0.25, 0.3) is 0 Å². The molecule has 0 aliphatic heterocycles. The summed E-state index contributed by atoms with van der Waals surface area (Å²) >= 11 is 0. The monoisotopic (exact) mass is 270 g/mol. The fourth-order valence-electron chi connectivity index (χ4n) is 3.26. The maximum Gasteiger partial charge on any atom is 0.0651 e. The van der Waals surface area contributed by atoms with E-state index in [9.17, 15) is 0 Å². The average Bonchev–Trinajstić information content (AvgIpc) is 3.15. The quantitative estimate of drug-likeness (QED) is 0.800. The van der Waals surface area contributed by atoms with E-state index in [1.165, 1.54) is 49.6 Å². The topological polar surface area (TPSA) is 52.7 Å². The van der Waals surface area contributed by atoms with Crippen LogP contribution in [0.1, 0.15) is 38.5 Å². The van der Waals surface area contributed by atoms with Gasteiger partial charge in [-0.2, -0.15) is 5.10 Å². The molecule has 1 aromatic carbocycles. The number of rotatable bonds is 4. The Morgan fingerprint density at radius 3 is 2.40 bits per heavy atom. The number of benzene rings is 1. The zero-order valence-corrected chi connectivity index (χ0v) is 11.7. The Hall–Kier alpha value is -1.55. The van der Waals surface area contributed by atoms with Gasteiger partial charge in [0.1, 0.15) is 0 Å². The van der Waals surface area contributed by atoms with Crippen LogP contribution in [-0.2, 0) is 0 Å². The zero-order valence-electron chi connectivity index (χ0n) is 11.7. The molecule has 2 aromatic rings. The molecule has 4 rings (SSSR count). The second-order valence-corrected chi connectivity index (χ2v) is 6.31. The van der Waals surface area contributed by atoms with Gasteiger partial charge in [0.05, 0.1) is 11.7 Å². The lowest BCUT2D eigenvalue weighted by Crippen LogP contribution is -2.37. The number of aromatic amines is 1. The third-order valence-corrected chi connectivity index (χ3v) is 4.59. The Morgan fingerprint density at radius 1 is 0.950 bits per heavy atom. The minimum absolute atomic E-state index is 0.622. The highest BCUT2D eigenvalue weighted by molar-refractivity contribution is 5.81. The second-order valence-electron chi connectivity index (χ2n) is 6.31. The molecule has 20 heavy (non-hydrogen) atoms. The van der Waals surface area contributed by atoms with E-state index in [0.29, 0.717) is 6.04 Å². The standard InChI is InChI=1S/C16H22N4/c1-2-12(1)18-13-3-5-14(6-4-13)19-15-7-8-16-11(9-15)10-17-20-16/h7-10,12-14,18-19H,1-6H2,(H,17,20)/t13-,14-. The molecule has 3 N–H and O–H groups in total. The first kappa shape index (κ1) is 12.2. The molecule has 106 valence electrons. The van der Waals surface area contributed by atoms with Gasteiger partial charge in [-0.05, 0) is 56.7 Å². The number of aromatic nitrogens is 2. The van der Waals surface area contributed by atoms with Crippen LogP contribution in [-0.4, -0.2) is 28.3 Å². The van der Waals surface area contributed by atoms with Gasteiger partial charge in [-0.3, -0.25) is 5.10 Å². The van der Waals surface area contributed by atoms with E-state index in [4.69, 9.17) is 0 Å². The number of H-pyrrole nitrogens is 1. The molecular weight excluding hydrogens is 248 g/mol. The number of nitrogens with one attached hydrogen (secondary N) is 3. The number of fused-ring (bicyclic) bond motifs is 1. The van der Waals surface area contributed by atoms with Crippen LogP contribution >= 0.6 is 0 Å². The number of nitrogens with zero attached hydrogens (tertiary/aromatic N) is 1. The second kappa shape index (κ2) is 5.09. The SMILES string of the molecule is c1cc2[nH]ncc2cc1N[C@H]1CC[C@H](NC2CC2)CC1. The summed E-state index contributed by atoms with van der Waals surface area (Å²) in [6.07, 6.45) is 9.83. The van der Waals surface area contributed by atoms with Crippen molar-refractivity contribution in [2.75, 3.05) is 5.32 Å². The molecule has 2 aliphatic rings. The van der Waals surface area contributed by atoms with Crippen LogP contribution < -0.4 is 10.6 Å². The van der Waals surface area contributed by atoms with Gasteiger partial charge in [-0.15, -0.1) is 0 Å². The predicted octanol–water partition coefficient (Wildman–Crippen LogP) is 3.04. The molecule has 1 aromatic heterocycles. The number of hydrogen-bond donors (Lipinski definition) is 3. The normalized spacial score (nSPS) is 26.8. The Balaban J connectivity index is 1.34. The van der Waals surface area contributed by atoms with Crippen molar-refractivity contribution in [1.82, 2.24) is 15.5 Å². The molecule has 0 amide bonds. The van der Waals surface area contributed by atoms with Gasteiger partial charge in [0, 0.05) is 29.2 Å². The van der Waals surface area contributed by atoms with E-state index < -0.39 is 0 Å². The lowest BCUT2D eigenvalue weighted by molar-refractivity contribution is 0.352. The number of hydrogen-bond acceptors (Lipinski definition) is 3. The minimum Gasteiger partial charge on any atom is -0.382 e. The molecule has 2 fully saturated rings. The first-order chi connectivity index (χ1) is 9.87. The number of anilines is 1. The summed E-state index contributed by atoms with van der Waals surface area (Å²) in [5.74, 6) is 0. The maximum atomic E-state index is 4.07. The van der Waals surface area contributed by atoms with Gasteiger partial charge in [0.2, 0.25) is 0 Å². The van der Waals surface area contributed by atoms with Crippen molar-refractivity contribution < 1.29 is 0 Å². The molecule has 0 spiro atoms. The first-order valence-corrected chi connectivity index (χ1v) is 7.82. The highest BCUT2D eigenvalue weighted by Gasteiger charge is 2.27. The largest absolute Gasteiger partial charge is 0.382 e. The molecule has 4 heteroatoms. The van der Waals surface area contributed by atoms with E-state index in [1.807, 2.05) is 6.20 Å². The van der Waals surface area contributed by atoms with Crippen molar-refractivity contribution >= 4 is 16.6 Å². The van der Waals surface area contributed by atoms with Crippen LogP contribution in [0.25, 0.3) is 10.9 Å². The predicted molar refractivity (Wildman–Crippen MR) is 81.9 cm³/mol. The van der Waals surface area contributed by atoms with E-state index in [2.05, 4.69) is 39.0 Å². The van der Waals surface area contributed by atoms with Gasteiger partial charge < -0.3 is 10.6 Å². The Labute approximate surface area is 119 Å². The van der Waals surface area contributed by atoms with Crippen molar-refractivity contribution in [3.05, 3.63) is 24.4 Å². The third-order valence-electron chi connectivity index (χ3n) is 4.59. The summed E-state index contributed by atoms with van der Waals surface area (Å²) in [4.78, 5) is 0. The van der Waals surface area contributed by atoms with Gasteiger partial charge in [-0.1, -0.05) is 0 Å². The summed E-state index contributed by atoms with van der Waals surface area (Å²) < 4.78 is 0. The van der Waals surface area contributed by atoms with Crippen LogP contribution in [0.15, 0.2) is 24.4 Å². The fraction of sp³-hybridized carbons (Fsp3) is 0.562. The molecule has 0 bridgehead atoms. The van der Waals surface area contributed by atoms with Crippen LogP contribution in [0.2, 0.25) is 0 Å². The third kappa shape index (κ3) is 2.66. The van der Waals surface area contributed by atoms with Gasteiger partial charge in [0.15, 0.2) is 0 Å². The van der Waals surface area contributed by atoms with Crippen LogP contribution in [0.4, 0.5) is 5.69 Å². The molecule has 0 atom stereocenters. The fourth-order valence-corrected chi connectivity index (χ4v) is 3.26. The smallest absolute Gasteiger partial charge is 0.0651 e. The average molecular weight is 270 g/mol. The van der Waals surface area contributed by atoms with E-state index >= 15 is 0 Å². The summed E-state index contributed by atoms with van der Waals surface area (Å²) in [7, 11) is 0. The highest BCUT2D eigenvalue weighted by Crippen LogP contribution is 2.27. The highest BCUT2D eigenvalue weighted by atomic mass is 15.1. The van der Waals surface area contributed by atoms with Crippen LogP contribution in [0.3, 0.4) is 0 Å². The Bertz CT molecular complexity index is 579. The van der Waals surface area contributed by atoms with Crippen molar-refractivity contribution in [2.24, 2.45) is 0 Å². The van der Waals surface area contributed by atoms with E-state index in [-0.39, 0.29) is 0 Å². The Morgan fingerprint density at radius 2 is 1.65 bits per heavy atom. The molecule has 0 unspecified atom stereocenters. The minimum atomic E-state index is 0.622. The summed E-state index contributed by atoms with van der Waals surface area (Å²) in [5.41, 5.74) is 2.32. The van der Waals surface area contributed by atoms with Crippen molar-refractivity contribution in [3.8, 4) is 0 Å². The zero-order chi connectivity index (χ0) is 13.4. The lowest BCUT2D eigenvalue weighted by atomic mass is 9.91. The Kier molecular flexibility index (Phi) is 3.11. The molecule has 0 radical (unpaired) electrons. The summed E-state index contributed by atoms with van der Waals surface area (Å²) in [5, 5.41) is 15.7. The maximum absolute atomic E-state index is 4.07. The first-order valence-electron chi connectivity index (χ1n) is 7.82. The molecule has 2 saturated carbocycles. The van der Waals surface area contributed by atoms with E-state index in [1.54, 1.807) is 0 Å². The molecule has 4 nitrogen and oxygen atoms in total. The van der Waals surface area contributed by atoms with Crippen molar-refractivity contribution in [1.29, 1.82) is 0 Å². The lowest BCUT2D eigenvalue weighted by Gasteiger charge is -2.30. The van der Waals surface area contributed by atoms with E-state index in [0.717, 1.165) is 17.6 Å². The molecule has 1 heterocycles. The molecular formula is C16H22N4. The van der Waals surface area contributed by atoms with Crippen molar-refractivity contribution in [2.45, 2.75) is 56.7 Å². The summed E-state index contributed by atoms with van der Waals surface area (Å²) in [6.45, 7) is 0. The molecule has 2 aliphatic carbocycles. The van der Waals surface area contributed by atoms with Gasteiger partial charge >= 0.3 is 0 Å².